The summed E-state index contributed by atoms with van der Waals surface area (Å²) in [6, 6.07) is 7.44. The standard InChI is InChI=1S/C19H23N3O4S2/c1-12(17(24)22-18(25)20-13-6-2-3-7-13)26-16(23)10-11-27-19-21-14-8-4-5-9-15(14)28-19/h4-5,8-9,12-13H,2-3,6-7,10-11H2,1H3,(H2,20,22,24,25)/t12-/m1/s1. The van der Waals surface area contributed by atoms with E-state index in [2.05, 4.69) is 15.6 Å². The molecule has 0 unspecified atom stereocenters. The van der Waals surface area contributed by atoms with Crippen LogP contribution in [0.2, 0.25) is 0 Å². The van der Waals surface area contributed by atoms with E-state index in [0.717, 1.165) is 40.2 Å². The fourth-order valence-corrected chi connectivity index (χ4v) is 5.01. The summed E-state index contributed by atoms with van der Waals surface area (Å²) in [6.45, 7) is 1.46. The summed E-state index contributed by atoms with van der Waals surface area (Å²) < 4.78 is 7.12. The molecular weight excluding hydrogens is 398 g/mol. The maximum absolute atomic E-state index is 12.0. The number of benzene rings is 1. The highest BCUT2D eigenvalue weighted by Gasteiger charge is 2.22. The van der Waals surface area contributed by atoms with Crippen LogP contribution in [-0.4, -0.2) is 40.8 Å². The molecule has 1 atom stereocenters. The minimum Gasteiger partial charge on any atom is -0.453 e. The van der Waals surface area contributed by atoms with E-state index in [0.29, 0.717) is 5.75 Å². The van der Waals surface area contributed by atoms with Crippen molar-refractivity contribution in [2.75, 3.05) is 5.75 Å². The van der Waals surface area contributed by atoms with Crippen molar-refractivity contribution < 1.29 is 19.1 Å². The Morgan fingerprint density at radius 1 is 1.29 bits per heavy atom. The van der Waals surface area contributed by atoms with Crippen LogP contribution in [0.5, 0.6) is 0 Å². The lowest BCUT2D eigenvalue weighted by atomic mass is 10.2. The number of amides is 3. The van der Waals surface area contributed by atoms with Gasteiger partial charge in [-0.05, 0) is 31.9 Å². The molecule has 1 aromatic heterocycles. The third kappa shape index (κ3) is 5.93. The third-order valence-electron chi connectivity index (χ3n) is 4.41. The van der Waals surface area contributed by atoms with Gasteiger partial charge in [-0.15, -0.1) is 11.3 Å². The number of nitrogens with one attached hydrogen (secondary N) is 2. The number of urea groups is 1. The van der Waals surface area contributed by atoms with Crippen molar-refractivity contribution in [3.63, 3.8) is 0 Å². The Labute approximate surface area is 171 Å². The van der Waals surface area contributed by atoms with Gasteiger partial charge in [-0.3, -0.25) is 14.9 Å². The molecular formula is C19H23N3O4S2. The summed E-state index contributed by atoms with van der Waals surface area (Å²) in [6.07, 6.45) is 3.17. The Kier molecular flexibility index (Phi) is 7.27. The summed E-state index contributed by atoms with van der Waals surface area (Å²) >= 11 is 3.06. The van der Waals surface area contributed by atoms with Gasteiger partial charge in [0.25, 0.3) is 5.91 Å². The van der Waals surface area contributed by atoms with Gasteiger partial charge in [0.2, 0.25) is 0 Å². The Morgan fingerprint density at radius 2 is 2.04 bits per heavy atom. The number of thiazole rings is 1. The smallest absolute Gasteiger partial charge is 0.321 e. The van der Waals surface area contributed by atoms with E-state index < -0.39 is 24.0 Å². The zero-order valence-electron chi connectivity index (χ0n) is 15.6. The second kappa shape index (κ2) is 9.88. The first kappa shape index (κ1) is 20.6. The van der Waals surface area contributed by atoms with E-state index in [9.17, 15) is 14.4 Å². The first-order valence-electron chi connectivity index (χ1n) is 9.30. The molecule has 0 spiro atoms. The minimum absolute atomic E-state index is 0.116. The highest BCUT2D eigenvalue weighted by Crippen LogP contribution is 2.29. The number of ether oxygens (including phenoxy) is 1. The number of rotatable bonds is 7. The van der Waals surface area contributed by atoms with Gasteiger partial charge in [0, 0.05) is 11.8 Å². The second-order valence-electron chi connectivity index (χ2n) is 6.62. The van der Waals surface area contributed by atoms with Crippen LogP contribution in [0.4, 0.5) is 4.79 Å². The van der Waals surface area contributed by atoms with Gasteiger partial charge in [-0.1, -0.05) is 36.7 Å². The van der Waals surface area contributed by atoms with Crippen LogP contribution < -0.4 is 10.6 Å². The molecule has 0 radical (unpaired) electrons. The number of carbonyl (C=O) groups is 3. The van der Waals surface area contributed by atoms with Crippen molar-refractivity contribution >= 4 is 51.2 Å². The van der Waals surface area contributed by atoms with Crippen LogP contribution >= 0.6 is 23.1 Å². The summed E-state index contributed by atoms with van der Waals surface area (Å²) in [5.74, 6) is -0.593. The van der Waals surface area contributed by atoms with E-state index in [1.165, 1.54) is 18.7 Å². The fraction of sp³-hybridized carbons (Fsp3) is 0.474. The molecule has 1 aliphatic carbocycles. The van der Waals surface area contributed by atoms with E-state index >= 15 is 0 Å². The van der Waals surface area contributed by atoms with Crippen molar-refractivity contribution in [1.82, 2.24) is 15.6 Å². The Bertz CT molecular complexity index is 816. The largest absolute Gasteiger partial charge is 0.453 e. The predicted octanol–water partition coefficient (Wildman–Crippen LogP) is 3.48. The summed E-state index contributed by atoms with van der Waals surface area (Å²) in [5, 5.41) is 4.99. The Morgan fingerprint density at radius 3 is 2.79 bits per heavy atom. The molecule has 3 amide bonds. The molecule has 2 aromatic rings. The lowest BCUT2D eigenvalue weighted by Crippen LogP contribution is -2.47. The first-order valence-corrected chi connectivity index (χ1v) is 11.1. The first-order chi connectivity index (χ1) is 13.5. The zero-order chi connectivity index (χ0) is 19.9. The van der Waals surface area contributed by atoms with Crippen LogP contribution in [0.1, 0.15) is 39.0 Å². The third-order valence-corrected chi connectivity index (χ3v) is 6.59. The van der Waals surface area contributed by atoms with Crippen LogP contribution in [0, 0.1) is 0 Å². The fourth-order valence-electron chi connectivity index (χ4n) is 2.95. The SMILES string of the molecule is C[C@@H](OC(=O)CCSc1nc2ccccc2s1)C(=O)NC(=O)NC1CCCC1. The Hall–Kier alpha value is -2.13. The molecule has 1 aliphatic rings. The van der Waals surface area contributed by atoms with Gasteiger partial charge in [-0.25, -0.2) is 9.78 Å². The number of imide groups is 1. The zero-order valence-corrected chi connectivity index (χ0v) is 17.2. The number of thioether (sulfide) groups is 1. The number of aromatic nitrogens is 1. The van der Waals surface area contributed by atoms with Crippen molar-refractivity contribution in [1.29, 1.82) is 0 Å². The quantitative estimate of drug-likeness (QED) is 0.525. The number of hydrogen-bond donors (Lipinski definition) is 2. The Balaban J connectivity index is 1.36. The maximum atomic E-state index is 12.0. The normalized spacial score (nSPS) is 15.3. The monoisotopic (exact) mass is 421 g/mol. The van der Waals surface area contributed by atoms with E-state index in [1.807, 2.05) is 24.3 Å². The average molecular weight is 422 g/mol. The summed E-state index contributed by atoms with van der Waals surface area (Å²) in [7, 11) is 0. The minimum atomic E-state index is -1.02. The molecule has 0 aliphatic heterocycles. The summed E-state index contributed by atoms with van der Waals surface area (Å²) in [5.41, 5.74) is 0.943. The van der Waals surface area contributed by atoms with E-state index in [-0.39, 0.29) is 12.5 Å². The molecule has 7 nitrogen and oxygen atoms in total. The summed E-state index contributed by atoms with van der Waals surface area (Å²) in [4.78, 5) is 40.3. The van der Waals surface area contributed by atoms with E-state index in [4.69, 9.17) is 4.74 Å². The molecule has 1 heterocycles. The maximum Gasteiger partial charge on any atom is 0.321 e. The highest BCUT2D eigenvalue weighted by atomic mass is 32.2. The average Bonchev–Trinajstić information content (AvgIpc) is 3.30. The van der Waals surface area contributed by atoms with Gasteiger partial charge in [-0.2, -0.15) is 0 Å². The van der Waals surface area contributed by atoms with Crippen LogP contribution in [-0.2, 0) is 14.3 Å². The molecule has 0 bridgehead atoms. The molecule has 1 aromatic carbocycles. The predicted molar refractivity (Wildman–Crippen MR) is 109 cm³/mol. The van der Waals surface area contributed by atoms with Crippen molar-refractivity contribution in [3.05, 3.63) is 24.3 Å². The number of hydrogen-bond acceptors (Lipinski definition) is 7. The second-order valence-corrected chi connectivity index (χ2v) is 8.99. The van der Waals surface area contributed by atoms with Gasteiger partial charge < -0.3 is 10.1 Å². The van der Waals surface area contributed by atoms with Crippen LogP contribution in [0.3, 0.4) is 0 Å². The van der Waals surface area contributed by atoms with Gasteiger partial charge in [0.05, 0.1) is 16.6 Å². The van der Waals surface area contributed by atoms with Gasteiger partial charge in [0.1, 0.15) is 0 Å². The van der Waals surface area contributed by atoms with Gasteiger partial charge in [0.15, 0.2) is 10.4 Å². The molecule has 28 heavy (non-hydrogen) atoms. The molecule has 2 N–H and O–H groups in total. The van der Waals surface area contributed by atoms with Crippen molar-refractivity contribution in [2.24, 2.45) is 0 Å². The lowest BCUT2D eigenvalue weighted by molar-refractivity contribution is -0.154. The van der Waals surface area contributed by atoms with Crippen LogP contribution in [0.15, 0.2) is 28.6 Å². The lowest BCUT2D eigenvalue weighted by Gasteiger charge is -2.15. The molecule has 1 fully saturated rings. The number of carbonyl (C=O) groups excluding carboxylic acids is 3. The topological polar surface area (TPSA) is 97.4 Å². The van der Waals surface area contributed by atoms with E-state index in [1.54, 1.807) is 11.3 Å². The van der Waals surface area contributed by atoms with Crippen molar-refractivity contribution in [2.45, 2.75) is 55.5 Å². The molecule has 150 valence electrons. The van der Waals surface area contributed by atoms with Crippen molar-refractivity contribution in [3.8, 4) is 0 Å². The number of nitrogens with zero attached hydrogens (tertiary/aromatic N) is 1. The number of fused-ring (bicyclic) bond motifs is 1. The molecule has 1 saturated carbocycles. The number of esters is 1. The molecule has 9 heteroatoms. The van der Waals surface area contributed by atoms with Crippen LogP contribution in [0.25, 0.3) is 10.2 Å². The highest BCUT2D eigenvalue weighted by molar-refractivity contribution is 8.01. The van der Waals surface area contributed by atoms with Gasteiger partial charge >= 0.3 is 12.0 Å². The molecule has 0 saturated heterocycles. The molecule has 3 rings (SSSR count). The number of para-hydroxylation sites is 1.